The van der Waals surface area contributed by atoms with E-state index in [1.54, 1.807) is 6.92 Å². The second-order valence-electron chi connectivity index (χ2n) is 5.11. The number of rotatable bonds is 8. The third-order valence-corrected chi connectivity index (χ3v) is 2.82. The average Bonchev–Trinajstić information content (AvgIpc) is 2.17. The average molecular weight is 230 g/mol. The van der Waals surface area contributed by atoms with Gasteiger partial charge in [-0.1, -0.05) is 20.8 Å². The highest BCUT2D eigenvalue weighted by molar-refractivity contribution is 5.69. The first kappa shape index (κ1) is 15.4. The van der Waals surface area contributed by atoms with Gasteiger partial charge in [0.15, 0.2) is 0 Å². The molecule has 0 spiro atoms. The van der Waals surface area contributed by atoms with E-state index in [2.05, 4.69) is 13.8 Å². The largest absolute Gasteiger partial charge is 0.466 e. The highest BCUT2D eigenvalue weighted by atomic mass is 16.5. The Hall–Kier alpha value is -0.570. The van der Waals surface area contributed by atoms with Gasteiger partial charge in [0.25, 0.3) is 0 Å². The first-order valence-electron chi connectivity index (χ1n) is 6.25. The zero-order valence-electron chi connectivity index (χ0n) is 11.1. The minimum absolute atomic E-state index is 0.146. The number of aliphatic hydroxyl groups is 1. The van der Waals surface area contributed by atoms with Gasteiger partial charge in [-0.25, -0.2) is 0 Å². The van der Waals surface area contributed by atoms with Gasteiger partial charge in [-0.15, -0.1) is 0 Å². The summed E-state index contributed by atoms with van der Waals surface area (Å²) in [5, 5.41) is 9.73. The van der Waals surface area contributed by atoms with Gasteiger partial charge in [0.05, 0.1) is 12.2 Å². The summed E-state index contributed by atoms with van der Waals surface area (Å²) >= 11 is 0. The molecule has 0 saturated carbocycles. The van der Waals surface area contributed by atoms with Gasteiger partial charge in [-0.2, -0.15) is 0 Å². The lowest BCUT2D eigenvalue weighted by molar-refractivity contribution is -0.144. The molecule has 16 heavy (non-hydrogen) atoms. The summed E-state index contributed by atoms with van der Waals surface area (Å²) in [5.41, 5.74) is -0.641. The SMILES string of the molecule is CCC(C)(O)CCCC(=O)OCCC(C)C. The molecule has 0 heterocycles. The van der Waals surface area contributed by atoms with Crippen molar-refractivity contribution in [2.45, 2.75) is 65.4 Å². The van der Waals surface area contributed by atoms with Crippen molar-refractivity contribution >= 4 is 5.97 Å². The molecule has 0 saturated heterocycles. The standard InChI is InChI=1S/C13H26O3/c1-5-13(4,15)9-6-7-12(14)16-10-8-11(2)3/h11,15H,5-10H2,1-4H3. The molecular weight excluding hydrogens is 204 g/mol. The maximum atomic E-state index is 11.3. The van der Waals surface area contributed by atoms with Gasteiger partial charge in [-0.3, -0.25) is 4.79 Å². The molecule has 1 atom stereocenters. The molecule has 0 fully saturated rings. The van der Waals surface area contributed by atoms with Crippen molar-refractivity contribution in [3.63, 3.8) is 0 Å². The van der Waals surface area contributed by atoms with Crippen LogP contribution < -0.4 is 0 Å². The van der Waals surface area contributed by atoms with Crippen LogP contribution in [0.2, 0.25) is 0 Å². The lowest BCUT2D eigenvalue weighted by atomic mass is 9.96. The van der Waals surface area contributed by atoms with Crippen molar-refractivity contribution in [3.05, 3.63) is 0 Å². The molecule has 3 nitrogen and oxygen atoms in total. The fourth-order valence-electron chi connectivity index (χ4n) is 1.27. The highest BCUT2D eigenvalue weighted by Gasteiger charge is 2.17. The van der Waals surface area contributed by atoms with E-state index in [0.717, 1.165) is 12.8 Å². The zero-order valence-corrected chi connectivity index (χ0v) is 11.1. The molecule has 0 bridgehead atoms. The summed E-state index contributed by atoms with van der Waals surface area (Å²) in [6.07, 6.45) is 3.40. The molecule has 3 heteroatoms. The fraction of sp³-hybridized carbons (Fsp3) is 0.923. The molecular formula is C13H26O3. The van der Waals surface area contributed by atoms with Crippen molar-refractivity contribution < 1.29 is 14.6 Å². The second kappa shape index (κ2) is 7.66. The molecule has 0 aliphatic rings. The molecule has 1 unspecified atom stereocenters. The maximum Gasteiger partial charge on any atom is 0.305 e. The number of carbonyl (C=O) groups excluding carboxylic acids is 1. The van der Waals surface area contributed by atoms with Crippen molar-refractivity contribution in [1.82, 2.24) is 0 Å². The summed E-state index contributed by atoms with van der Waals surface area (Å²) in [7, 11) is 0. The van der Waals surface area contributed by atoms with Crippen LogP contribution in [0.3, 0.4) is 0 Å². The van der Waals surface area contributed by atoms with Crippen LogP contribution in [0, 0.1) is 5.92 Å². The van der Waals surface area contributed by atoms with E-state index in [1.807, 2.05) is 6.92 Å². The van der Waals surface area contributed by atoms with E-state index < -0.39 is 5.60 Å². The van der Waals surface area contributed by atoms with E-state index in [4.69, 9.17) is 4.74 Å². The number of hydrogen-bond donors (Lipinski definition) is 1. The molecule has 96 valence electrons. The number of hydrogen-bond acceptors (Lipinski definition) is 3. The van der Waals surface area contributed by atoms with Gasteiger partial charge in [0.1, 0.15) is 0 Å². The molecule has 0 amide bonds. The minimum atomic E-state index is -0.641. The summed E-state index contributed by atoms with van der Waals surface area (Å²) in [6.45, 7) is 8.47. The van der Waals surface area contributed by atoms with Crippen molar-refractivity contribution in [2.75, 3.05) is 6.61 Å². The first-order valence-corrected chi connectivity index (χ1v) is 6.25. The number of carbonyl (C=O) groups is 1. The lowest BCUT2D eigenvalue weighted by Gasteiger charge is -2.20. The van der Waals surface area contributed by atoms with Gasteiger partial charge < -0.3 is 9.84 Å². The Morgan fingerprint density at radius 3 is 2.56 bits per heavy atom. The number of ether oxygens (including phenoxy) is 1. The van der Waals surface area contributed by atoms with Crippen LogP contribution in [0.4, 0.5) is 0 Å². The zero-order chi connectivity index (χ0) is 12.6. The van der Waals surface area contributed by atoms with Gasteiger partial charge in [-0.05, 0) is 38.5 Å². The molecule has 0 aromatic heterocycles. The maximum absolute atomic E-state index is 11.3. The Bertz CT molecular complexity index is 197. The summed E-state index contributed by atoms with van der Waals surface area (Å²) in [4.78, 5) is 11.3. The summed E-state index contributed by atoms with van der Waals surface area (Å²) in [6, 6.07) is 0. The van der Waals surface area contributed by atoms with Crippen LogP contribution in [0.5, 0.6) is 0 Å². The van der Waals surface area contributed by atoms with Gasteiger partial charge in [0.2, 0.25) is 0 Å². The molecule has 0 aliphatic carbocycles. The van der Waals surface area contributed by atoms with Crippen LogP contribution in [0.25, 0.3) is 0 Å². The molecule has 0 radical (unpaired) electrons. The van der Waals surface area contributed by atoms with E-state index in [1.165, 1.54) is 0 Å². The normalized spacial score (nSPS) is 14.9. The Balaban J connectivity index is 3.51. The third-order valence-electron chi connectivity index (χ3n) is 2.82. The minimum Gasteiger partial charge on any atom is -0.466 e. The molecule has 1 N–H and O–H groups in total. The quantitative estimate of drug-likeness (QED) is 0.652. The molecule has 0 aromatic carbocycles. The molecule has 0 aliphatic heterocycles. The summed E-state index contributed by atoms with van der Waals surface area (Å²) in [5.74, 6) is 0.418. The van der Waals surface area contributed by atoms with E-state index in [9.17, 15) is 9.90 Å². The Morgan fingerprint density at radius 2 is 2.06 bits per heavy atom. The molecule has 0 aromatic rings. The first-order chi connectivity index (χ1) is 7.37. The Kier molecular flexibility index (Phi) is 7.39. The predicted octanol–water partition coefficient (Wildman–Crippen LogP) is 2.91. The second-order valence-corrected chi connectivity index (χ2v) is 5.11. The number of esters is 1. The smallest absolute Gasteiger partial charge is 0.305 e. The third kappa shape index (κ3) is 8.72. The topological polar surface area (TPSA) is 46.5 Å². The highest BCUT2D eigenvalue weighted by Crippen LogP contribution is 2.17. The van der Waals surface area contributed by atoms with Crippen molar-refractivity contribution in [3.8, 4) is 0 Å². The van der Waals surface area contributed by atoms with E-state index in [0.29, 0.717) is 31.8 Å². The lowest BCUT2D eigenvalue weighted by Crippen LogP contribution is -2.22. The predicted molar refractivity (Wildman–Crippen MR) is 65.2 cm³/mol. The van der Waals surface area contributed by atoms with E-state index in [-0.39, 0.29) is 5.97 Å². The van der Waals surface area contributed by atoms with Crippen LogP contribution in [-0.4, -0.2) is 23.3 Å². The van der Waals surface area contributed by atoms with Crippen molar-refractivity contribution in [1.29, 1.82) is 0 Å². The van der Waals surface area contributed by atoms with Crippen LogP contribution in [-0.2, 0) is 9.53 Å². The van der Waals surface area contributed by atoms with Crippen molar-refractivity contribution in [2.24, 2.45) is 5.92 Å². The van der Waals surface area contributed by atoms with Gasteiger partial charge >= 0.3 is 5.97 Å². The molecule has 0 rings (SSSR count). The monoisotopic (exact) mass is 230 g/mol. The van der Waals surface area contributed by atoms with Crippen LogP contribution >= 0.6 is 0 Å². The Labute approximate surface area is 99.2 Å². The fourth-order valence-corrected chi connectivity index (χ4v) is 1.27. The summed E-state index contributed by atoms with van der Waals surface area (Å²) < 4.78 is 5.08. The van der Waals surface area contributed by atoms with Crippen LogP contribution in [0.15, 0.2) is 0 Å². The van der Waals surface area contributed by atoms with Gasteiger partial charge in [0, 0.05) is 6.42 Å². The Morgan fingerprint density at radius 1 is 1.44 bits per heavy atom. The van der Waals surface area contributed by atoms with E-state index >= 15 is 0 Å². The van der Waals surface area contributed by atoms with Crippen LogP contribution in [0.1, 0.15) is 59.8 Å².